The van der Waals surface area contributed by atoms with Crippen LogP contribution in [0.1, 0.15) is 48.4 Å². The molecule has 1 aliphatic heterocycles. The Morgan fingerprint density at radius 3 is 1.50 bits per heavy atom. The number of hydrogen-bond acceptors (Lipinski definition) is 13. The molecule has 0 aliphatic carbocycles. The quantitative estimate of drug-likeness (QED) is 0.182. The first kappa shape index (κ1) is 33.5. The summed E-state index contributed by atoms with van der Waals surface area (Å²) in [4.78, 5) is 85.2. The number of rotatable bonds is 14. The standard InChI is InChI=1S/C26H33N3O13/c1-14(31)38-9-20(10-39-15(2)32)27-24(35)18-5-19(7-22(6-18)29-23(8-30)13-42-26(29)37)25(36)28-21(11-40-16(3)33)12-41-17(4)34/h5-7,20-21,23,30H,8-13H2,1-4H3,(H,27,35)(H,28,36). The number of ether oxygens (including phenoxy) is 5. The summed E-state index contributed by atoms with van der Waals surface area (Å²) < 4.78 is 24.7. The summed E-state index contributed by atoms with van der Waals surface area (Å²) in [5.41, 5.74) is -0.246. The van der Waals surface area contributed by atoms with Crippen molar-refractivity contribution >= 4 is 47.5 Å². The number of aliphatic hydroxyl groups excluding tert-OH is 1. The van der Waals surface area contributed by atoms with Crippen molar-refractivity contribution in [3.05, 3.63) is 29.3 Å². The molecule has 0 spiro atoms. The summed E-state index contributed by atoms with van der Waals surface area (Å²) in [7, 11) is 0. The van der Waals surface area contributed by atoms with Gasteiger partial charge < -0.3 is 39.4 Å². The molecular formula is C26H33N3O13. The van der Waals surface area contributed by atoms with E-state index in [0.717, 1.165) is 32.6 Å². The lowest BCUT2D eigenvalue weighted by Crippen LogP contribution is -2.43. The number of carbonyl (C=O) groups excluding carboxylic acids is 7. The second-order valence-corrected chi connectivity index (χ2v) is 9.10. The van der Waals surface area contributed by atoms with Crippen LogP contribution < -0.4 is 15.5 Å². The van der Waals surface area contributed by atoms with E-state index in [1.165, 1.54) is 18.2 Å². The molecule has 0 aromatic heterocycles. The minimum atomic E-state index is -0.968. The van der Waals surface area contributed by atoms with Gasteiger partial charge in [-0.05, 0) is 18.2 Å². The highest BCUT2D eigenvalue weighted by Gasteiger charge is 2.35. The lowest BCUT2D eigenvalue weighted by atomic mass is 10.1. The van der Waals surface area contributed by atoms with Crippen LogP contribution >= 0.6 is 0 Å². The summed E-state index contributed by atoms with van der Waals surface area (Å²) in [6.07, 6.45) is -0.830. The Morgan fingerprint density at radius 1 is 0.786 bits per heavy atom. The van der Waals surface area contributed by atoms with Crippen LogP contribution in [0.15, 0.2) is 18.2 Å². The van der Waals surface area contributed by atoms with Crippen LogP contribution in [-0.4, -0.2) is 105 Å². The van der Waals surface area contributed by atoms with Crippen molar-refractivity contribution in [2.24, 2.45) is 0 Å². The number of amides is 3. The van der Waals surface area contributed by atoms with Crippen molar-refractivity contribution in [3.8, 4) is 0 Å². The highest BCUT2D eigenvalue weighted by Crippen LogP contribution is 2.26. The van der Waals surface area contributed by atoms with Crippen molar-refractivity contribution in [2.75, 3.05) is 44.5 Å². The van der Waals surface area contributed by atoms with Gasteiger partial charge in [0.25, 0.3) is 11.8 Å². The smallest absolute Gasteiger partial charge is 0.414 e. The van der Waals surface area contributed by atoms with E-state index in [9.17, 15) is 38.7 Å². The summed E-state index contributed by atoms with van der Waals surface area (Å²) in [6, 6.07) is 0.979. The molecule has 0 saturated carbocycles. The topological polar surface area (TPSA) is 213 Å². The van der Waals surface area contributed by atoms with Crippen LogP contribution in [0.25, 0.3) is 0 Å². The van der Waals surface area contributed by atoms with Crippen LogP contribution in [0.4, 0.5) is 10.5 Å². The van der Waals surface area contributed by atoms with Gasteiger partial charge in [-0.2, -0.15) is 0 Å². The molecule has 1 unspecified atom stereocenters. The SMILES string of the molecule is CC(=O)OCC(COC(C)=O)NC(=O)c1cc(C(=O)NC(COC(C)=O)COC(C)=O)cc(N2C(=O)OCC2CO)c1. The van der Waals surface area contributed by atoms with Gasteiger partial charge in [-0.3, -0.25) is 33.7 Å². The van der Waals surface area contributed by atoms with E-state index in [2.05, 4.69) is 10.6 Å². The Morgan fingerprint density at radius 2 is 1.17 bits per heavy atom. The molecule has 1 saturated heterocycles. The summed E-state index contributed by atoms with van der Waals surface area (Å²) in [5, 5.41) is 14.8. The van der Waals surface area contributed by atoms with Gasteiger partial charge in [0.05, 0.1) is 24.7 Å². The van der Waals surface area contributed by atoms with Crippen molar-refractivity contribution < 1.29 is 62.4 Å². The van der Waals surface area contributed by atoms with Gasteiger partial charge in [-0.15, -0.1) is 0 Å². The van der Waals surface area contributed by atoms with Gasteiger partial charge >= 0.3 is 30.0 Å². The first-order valence-electron chi connectivity index (χ1n) is 12.7. The molecule has 1 aromatic rings. The molecule has 3 N–H and O–H groups in total. The minimum absolute atomic E-state index is 0.0300. The molecule has 1 atom stereocenters. The first-order valence-corrected chi connectivity index (χ1v) is 12.7. The number of aliphatic hydroxyl groups is 1. The fraction of sp³-hybridized carbons (Fsp3) is 0.500. The van der Waals surface area contributed by atoms with Crippen LogP contribution in [0, 0.1) is 0 Å². The molecule has 1 aromatic carbocycles. The third-order valence-electron chi connectivity index (χ3n) is 5.51. The Hall–Kier alpha value is -4.73. The van der Waals surface area contributed by atoms with E-state index < -0.39 is 66.5 Å². The normalized spacial score (nSPS) is 14.2. The maximum absolute atomic E-state index is 13.3. The van der Waals surface area contributed by atoms with Crippen molar-refractivity contribution in [3.63, 3.8) is 0 Å². The average molecular weight is 596 g/mol. The predicted octanol–water partition coefficient (Wildman–Crippen LogP) is -0.547. The summed E-state index contributed by atoms with van der Waals surface area (Å²) in [5.74, 6) is -4.15. The molecule has 1 fully saturated rings. The molecule has 0 bridgehead atoms. The molecule has 42 heavy (non-hydrogen) atoms. The van der Waals surface area contributed by atoms with E-state index in [-0.39, 0.29) is 49.8 Å². The fourth-order valence-electron chi connectivity index (χ4n) is 3.60. The molecule has 1 aliphatic rings. The van der Waals surface area contributed by atoms with E-state index in [1.54, 1.807) is 0 Å². The van der Waals surface area contributed by atoms with Crippen LogP contribution in [-0.2, 0) is 42.9 Å². The number of hydrogen-bond donors (Lipinski definition) is 3. The van der Waals surface area contributed by atoms with E-state index in [1.807, 2.05) is 0 Å². The number of esters is 4. The average Bonchev–Trinajstić information content (AvgIpc) is 3.31. The molecule has 3 amide bonds. The second kappa shape index (κ2) is 15.9. The highest BCUT2D eigenvalue weighted by atomic mass is 16.6. The van der Waals surface area contributed by atoms with Gasteiger partial charge in [-0.1, -0.05) is 0 Å². The Balaban J connectivity index is 2.43. The summed E-state index contributed by atoms with van der Waals surface area (Å²) in [6.45, 7) is 2.66. The highest BCUT2D eigenvalue weighted by molar-refractivity contribution is 6.03. The van der Waals surface area contributed by atoms with Crippen LogP contribution in [0.3, 0.4) is 0 Å². The molecule has 0 radical (unpaired) electrons. The largest absolute Gasteiger partial charge is 0.464 e. The Bertz CT molecular complexity index is 1090. The van der Waals surface area contributed by atoms with E-state index in [0.29, 0.717) is 0 Å². The van der Waals surface area contributed by atoms with Gasteiger partial charge in [0, 0.05) is 44.5 Å². The van der Waals surface area contributed by atoms with Crippen LogP contribution in [0.2, 0.25) is 0 Å². The van der Waals surface area contributed by atoms with Crippen molar-refractivity contribution in [2.45, 2.75) is 45.8 Å². The minimum Gasteiger partial charge on any atom is -0.464 e. The van der Waals surface area contributed by atoms with Crippen molar-refractivity contribution in [1.29, 1.82) is 0 Å². The Kier molecular flexibility index (Phi) is 12.7. The fourth-order valence-corrected chi connectivity index (χ4v) is 3.60. The number of anilines is 1. The zero-order chi connectivity index (χ0) is 31.4. The molecule has 16 heteroatoms. The maximum atomic E-state index is 13.3. The van der Waals surface area contributed by atoms with Gasteiger partial charge in [0.2, 0.25) is 0 Å². The lowest BCUT2D eigenvalue weighted by Gasteiger charge is -2.23. The second-order valence-electron chi connectivity index (χ2n) is 9.10. The number of nitrogens with one attached hydrogen (secondary N) is 2. The lowest BCUT2D eigenvalue weighted by molar-refractivity contribution is -0.146. The monoisotopic (exact) mass is 595 g/mol. The Labute approximate surface area is 240 Å². The molecule has 16 nitrogen and oxygen atoms in total. The maximum Gasteiger partial charge on any atom is 0.414 e. The zero-order valence-corrected chi connectivity index (χ0v) is 23.5. The summed E-state index contributed by atoms with van der Waals surface area (Å²) >= 11 is 0. The first-order chi connectivity index (χ1) is 19.8. The molecule has 2 rings (SSSR count). The molecule has 1 heterocycles. The van der Waals surface area contributed by atoms with E-state index >= 15 is 0 Å². The van der Waals surface area contributed by atoms with Gasteiger partial charge in [0.15, 0.2) is 0 Å². The molecular weight excluding hydrogens is 562 g/mol. The number of carbonyl (C=O) groups is 7. The third kappa shape index (κ3) is 10.7. The number of benzene rings is 1. The molecule has 230 valence electrons. The van der Waals surface area contributed by atoms with Gasteiger partial charge in [-0.25, -0.2) is 4.79 Å². The third-order valence-corrected chi connectivity index (χ3v) is 5.51. The zero-order valence-electron chi connectivity index (χ0n) is 23.5. The number of nitrogens with zero attached hydrogens (tertiary/aromatic N) is 1. The number of cyclic esters (lactones) is 1. The van der Waals surface area contributed by atoms with Crippen LogP contribution in [0.5, 0.6) is 0 Å². The van der Waals surface area contributed by atoms with E-state index in [4.69, 9.17) is 23.7 Å². The van der Waals surface area contributed by atoms with Gasteiger partial charge in [0.1, 0.15) is 33.0 Å². The van der Waals surface area contributed by atoms with Crippen molar-refractivity contribution in [1.82, 2.24) is 10.6 Å². The predicted molar refractivity (Wildman–Crippen MR) is 140 cm³/mol.